The smallest absolute Gasteiger partial charge is 0.349 e. The number of anilines is 1. The molecule has 192 valence electrons. The van der Waals surface area contributed by atoms with Crippen molar-refractivity contribution >= 4 is 34.2 Å². The minimum absolute atomic E-state index is 0.138. The van der Waals surface area contributed by atoms with Gasteiger partial charge < -0.3 is 10.2 Å². The lowest BCUT2D eigenvalue weighted by Crippen LogP contribution is -2.34. The Morgan fingerprint density at radius 2 is 1.81 bits per heavy atom. The van der Waals surface area contributed by atoms with Crippen molar-refractivity contribution < 1.29 is 9.59 Å². The van der Waals surface area contributed by atoms with E-state index in [0.717, 1.165) is 30.4 Å². The van der Waals surface area contributed by atoms with Crippen molar-refractivity contribution in [1.82, 2.24) is 24.1 Å². The molecule has 2 aromatic heterocycles. The maximum absolute atomic E-state index is 13.5. The van der Waals surface area contributed by atoms with Crippen LogP contribution in [0.1, 0.15) is 49.4 Å². The van der Waals surface area contributed by atoms with Crippen LogP contribution in [0.15, 0.2) is 58.1 Å². The van der Waals surface area contributed by atoms with Crippen LogP contribution in [0, 0.1) is 0 Å². The summed E-state index contributed by atoms with van der Waals surface area (Å²) in [4.78, 5) is 54.3. The Morgan fingerprint density at radius 1 is 1.08 bits per heavy atom. The minimum atomic E-state index is -0.548. The predicted molar refractivity (Wildman–Crippen MR) is 141 cm³/mol. The standard InChI is InChI=1S/C27H30N6O4/c1-3-15-31-25(36)21-14-13-18(24(35)28-19-9-7-8-10-19)16-22(21)33-26(31)29-32(27(33)37)17-23(34)30(2)20-11-5-4-6-12-20/h4-6,11-14,16,19H,3,7-10,15,17H2,1-2H3,(H,28,35). The number of rotatable bonds is 7. The Morgan fingerprint density at radius 3 is 2.51 bits per heavy atom. The molecule has 0 radical (unpaired) electrons. The van der Waals surface area contributed by atoms with E-state index in [1.54, 1.807) is 37.4 Å². The van der Waals surface area contributed by atoms with Crippen LogP contribution in [-0.2, 0) is 17.9 Å². The fourth-order valence-corrected chi connectivity index (χ4v) is 4.95. The molecule has 2 amide bonds. The van der Waals surface area contributed by atoms with Crippen molar-refractivity contribution in [3.8, 4) is 0 Å². The van der Waals surface area contributed by atoms with Crippen LogP contribution in [0.4, 0.5) is 5.69 Å². The van der Waals surface area contributed by atoms with Gasteiger partial charge in [0.25, 0.3) is 11.5 Å². The normalized spacial score (nSPS) is 13.9. The van der Waals surface area contributed by atoms with Gasteiger partial charge in [-0.2, -0.15) is 0 Å². The van der Waals surface area contributed by atoms with Gasteiger partial charge in [0.15, 0.2) is 0 Å². The number of amides is 2. The largest absolute Gasteiger partial charge is 0.352 e. The lowest BCUT2D eigenvalue weighted by molar-refractivity contribution is -0.119. The first-order valence-electron chi connectivity index (χ1n) is 12.7. The molecule has 10 heteroatoms. The summed E-state index contributed by atoms with van der Waals surface area (Å²) < 4.78 is 3.85. The second-order valence-electron chi connectivity index (χ2n) is 9.51. The van der Waals surface area contributed by atoms with Crippen LogP contribution < -0.4 is 21.5 Å². The third-order valence-electron chi connectivity index (χ3n) is 6.98. The van der Waals surface area contributed by atoms with Gasteiger partial charge >= 0.3 is 5.69 Å². The summed E-state index contributed by atoms with van der Waals surface area (Å²) in [6.07, 6.45) is 4.73. The van der Waals surface area contributed by atoms with Gasteiger partial charge in [0.05, 0.1) is 10.9 Å². The van der Waals surface area contributed by atoms with Crippen LogP contribution in [0.3, 0.4) is 0 Å². The van der Waals surface area contributed by atoms with Gasteiger partial charge in [-0.1, -0.05) is 38.0 Å². The van der Waals surface area contributed by atoms with E-state index in [2.05, 4.69) is 10.4 Å². The van der Waals surface area contributed by atoms with Crippen molar-refractivity contribution in [1.29, 1.82) is 0 Å². The third-order valence-corrected chi connectivity index (χ3v) is 6.98. The predicted octanol–water partition coefficient (Wildman–Crippen LogP) is 2.56. The summed E-state index contributed by atoms with van der Waals surface area (Å²) in [7, 11) is 1.64. The van der Waals surface area contributed by atoms with Crippen LogP contribution in [0.25, 0.3) is 16.7 Å². The first-order valence-corrected chi connectivity index (χ1v) is 12.7. The van der Waals surface area contributed by atoms with Crippen LogP contribution in [0.5, 0.6) is 0 Å². The topological polar surface area (TPSA) is 111 Å². The van der Waals surface area contributed by atoms with E-state index < -0.39 is 5.69 Å². The monoisotopic (exact) mass is 502 g/mol. The number of hydrogen-bond acceptors (Lipinski definition) is 5. The zero-order chi connectivity index (χ0) is 26.1. The highest BCUT2D eigenvalue weighted by molar-refractivity contribution is 5.98. The molecule has 1 aliphatic carbocycles. The molecule has 1 N–H and O–H groups in total. The minimum Gasteiger partial charge on any atom is -0.349 e. The molecule has 1 fully saturated rings. The average Bonchev–Trinajstić information content (AvgIpc) is 3.54. The van der Waals surface area contributed by atoms with E-state index in [4.69, 9.17) is 0 Å². The first-order chi connectivity index (χ1) is 17.9. The van der Waals surface area contributed by atoms with Gasteiger partial charge in [0.2, 0.25) is 11.7 Å². The number of nitrogens with one attached hydrogen (secondary N) is 1. The summed E-state index contributed by atoms with van der Waals surface area (Å²) in [5.41, 5.74) is 0.514. The average molecular weight is 503 g/mol. The molecule has 0 saturated heterocycles. The second kappa shape index (κ2) is 10.0. The van der Waals surface area contributed by atoms with Crippen molar-refractivity contribution in [3.63, 3.8) is 0 Å². The van der Waals surface area contributed by atoms with E-state index in [1.807, 2.05) is 25.1 Å². The summed E-state index contributed by atoms with van der Waals surface area (Å²) in [5, 5.41) is 7.76. The molecule has 0 aliphatic heterocycles. The fraction of sp³-hybridized carbons (Fsp3) is 0.370. The third kappa shape index (κ3) is 4.54. The molecule has 10 nitrogen and oxygen atoms in total. The van der Waals surface area contributed by atoms with E-state index in [9.17, 15) is 19.2 Å². The van der Waals surface area contributed by atoms with Gasteiger partial charge in [0, 0.05) is 30.9 Å². The number of carbonyl (C=O) groups is 2. The molecule has 0 spiro atoms. The maximum Gasteiger partial charge on any atom is 0.352 e. The summed E-state index contributed by atoms with van der Waals surface area (Å²) in [5.74, 6) is -0.422. The number of para-hydroxylation sites is 1. The Labute approximate surface area is 213 Å². The molecule has 0 bridgehead atoms. The number of fused-ring (bicyclic) bond motifs is 3. The molecule has 1 aliphatic rings. The molecule has 0 atom stereocenters. The lowest BCUT2D eigenvalue weighted by Gasteiger charge is -2.16. The van der Waals surface area contributed by atoms with Crippen molar-refractivity contribution in [2.45, 2.75) is 58.2 Å². The van der Waals surface area contributed by atoms with Gasteiger partial charge in [-0.3, -0.25) is 19.0 Å². The summed E-state index contributed by atoms with van der Waals surface area (Å²) in [6, 6.07) is 14.0. The summed E-state index contributed by atoms with van der Waals surface area (Å²) >= 11 is 0. The number of carbonyl (C=O) groups excluding carboxylic acids is 2. The van der Waals surface area contributed by atoms with Crippen LogP contribution >= 0.6 is 0 Å². The fourth-order valence-electron chi connectivity index (χ4n) is 4.95. The van der Waals surface area contributed by atoms with Crippen molar-refractivity contribution in [2.75, 3.05) is 11.9 Å². The second-order valence-corrected chi connectivity index (χ2v) is 9.51. The Hall–Kier alpha value is -4.21. The van der Waals surface area contributed by atoms with Gasteiger partial charge in [0.1, 0.15) is 6.54 Å². The summed E-state index contributed by atoms with van der Waals surface area (Å²) in [6.45, 7) is 1.99. The molecular formula is C27H30N6O4. The molecule has 2 aromatic carbocycles. The quantitative estimate of drug-likeness (QED) is 0.418. The zero-order valence-corrected chi connectivity index (χ0v) is 21.0. The Kier molecular flexibility index (Phi) is 6.64. The number of aromatic nitrogens is 4. The SMILES string of the molecule is CCCn1c(=O)c2ccc(C(=O)NC3CCCC3)cc2n2c(=O)n(CC(=O)N(C)c3ccccc3)nc12. The lowest BCUT2D eigenvalue weighted by atomic mass is 10.1. The van der Waals surface area contributed by atoms with Gasteiger partial charge in [-0.05, 0) is 49.6 Å². The Balaban J connectivity index is 1.59. The highest BCUT2D eigenvalue weighted by Crippen LogP contribution is 2.19. The number of hydrogen-bond donors (Lipinski definition) is 1. The highest BCUT2D eigenvalue weighted by Gasteiger charge is 2.22. The first kappa shape index (κ1) is 24.5. The molecule has 4 aromatic rings. The van der Waals surface area contributed by atoms with E-state index in [-0.39, 0.29) is 35.7 Å². The molecule has 5 rings (SSSR count). The maximum atomic E-state index is 13.5. The molecule has 1 saturated carbocycles. The molecular weight excluding hydrogens is 472 g/mol. The van der Waals surface area contributed by atoms with Gasteiger partial charge in [-0.15, -0.1) is 5.10 Å². The van der Waals surface area contributed by atoms with Crippen LogP contribution in [0.2, 0.25) is 0 Å². The zero-order valence-electron chi connectivity index (χ0n) is 21.0. The number of likely N-dealkylation sites (N-methyl/N-ethyl adjacent to an activating group) is 1. The Bertz CT molecular complexity index is 1590. The number of nitrogens with zero attached hydrogens (tertiary/aromatic N) is 5. The number of benzene rings is 2. The molecule has 37 heavy (non-hydrogen) atoms. The van der Waals surface area contributed by atoms with E-state index >= 15 is 0 Å². The molecule has 0 unspecified atom stereocenters. The highest BCUT2D eigenvalue weighted by atomic mass is 16.2. The van der Waals surface area contributed by atoms with Crippen molar-refractivity contribution in [2.24, 2.45) is 0 Å². The number of aryl methyl sites for hydroxylation is 1. The molecule has 2 heterocycles. The van der Waals surface area contributed by atoms with Gasteiger partial charge in [-0.25, -0.2) is 13.9 Å². The van der Waals surface area contributed by atoms with E-state index in [1.165, 1.54) is 13.9 Å². The van der Waals surface area contributed by atoms with Crippen molar-refractivity contribution in [3.05, 3.63) is 74.9 Å². The van der Waals surface area contributed by atoms with Crippen LogP contribution in [-0.4, -0.2) is 43.7 Å². The van der Waals surface area contributed by atoms with E-state index in [0.29, 0.717) is 35.1 Å².